The quantitative estimate of drug-likeness (QED) is 0.498. The van der Waals surface area contributed by atoms with Crippen LogP contribution in [0.3, 0.4) is 0 Å². The van der Waals surface area contributed by atoms with Crippen molar-refractivity contribution in [3.8, 4) is 0 Å². The summed E-state index contributed by atoms with van der Waals surface area (Å²) in [5.74, 6) is -1.08. The van der Waals surface area contributed by atoms with E-state index in [2.05, 4.69) is 45.2 Å². The second kappa shape index (κ2) is 10.6. The number of aryl methyl sites for hydroxylation is 1. The first-order valence-corrected chi connectivity index (χ1v) is 11.5. The molecule has 166 valence electrons. The molecule has 0 spiro atoms. The molecule has 0 aliphatic heterocycles. The molecule has 1 aliphatic rings. The number of hydrogen-bond acceptors (Lipinski definition) is 5. The van der Waals surface area contributed by atoms with Crippen molar-refractivity contribution in [2.75, 3.05) is 13.4 Å². The molecule has 1 aromatic rings. The van der Waals surface area contributed by atoms with Gasteiger partial charge in [0.05, 0.1) is 24.7 Å². The lowest BCUT2D eigenvalue weighted by atomic mass is 9.69. The average Bonchev–Trinajstić information content (AvgIpc) is 2.64. The molecule has 6 heteroatoms. The molecule has 30 heavy (non-hydrogen) atoms. The monoisotopic (exact) mass is 434 g/mol. The summed E-state index contributed by atoms with van der Waals surface area (Å²) >= 11 is 1.73. The van der Waals surface area contributed by atoms with Gasteiger partial charge in [-0.2, -0.15) is 0 Å². The molecule has 0 saturated carbocycles. The molecule has 1 aliphatic carbocycles. The number of ether oxygens (including phenoxy) is 1. The predicted octanol–water partition coefficient (Wildman–Crippen LogP) is 4.45. The van der Waals surface area contributed by atoms with E-state index < -0.39 is 18.2 Å². The SMILES string of the molecule is COC1CC(c2ccc(SC)c(C)c2)=C(/C=C/C(O)CC(O)CC(=O)O)C(C)(C)C1. The van der Waals surface area contributed by atoms with E-state index in [0.29, 0.717) is 0 Å². The van der Waals surface area contributed by atoms with Crippen LogP contribution in [0.5, 0.6) is 0 Å². The Hall–Kier alpha value is -1.60. The fourth-order valence-corrected chi connectivity index (χ4v) is 4.76. The molecule has 3 N–H and O–H groups in total. The van der Waals surface area contributed by atoms with Crippen LogP contribution in [-0.4, -0.2) is 53.0 Å². The standard InChI is InChI=1S/C24H34O5S/c1-15-10-16(6-9-22(15)30-5)20-13-19(29-4)14-24(2,3)21(20)8-7-17(25)11-18(26)12-23(27)28/h6-10,17-19,25-26H,11-14H2,1-5H3,(H,27,28)/b8-7+. The van der Waals surface area contributed by atoms with Gasteiger partial charge in [0.25, 0.3) is 0 Å². The van der Waals surface area contributed by atoms with E-state index in [9.17, 15) is 15.0 Å². The Balaban J connectivity index is 2.40. The van der Waals surface area contributed by atoms with Crippen molar-refractivity contribution >= 4 is 23.3 Å². The Labute approximate surface area is 183 Å². The molecule has 0 radical (unpaired) electrons. The first-order chi connectivity index (χ1) is 14.1. The van der Waals surface area contributed by atoms with Gasteiger partial charge < -0.3 is 20.1 Å². The number of methoxy groups -OCH3 is 1. The lowest BCUT2D eigenvalue weighted by molar-refractivity contribution is -0.139. The molecule has 0 amide bonds. The molecule has 2 rings (SSSR count). The van der Waals surface area contributed by atoms with Gasteiger partial charge in [-0.1, -0.05) is 38.1 Å². The van der Waals surface area contributed by atoms with E-state index in [1.165, 1.54) is 16.0 Å². The highest BCUT2D eigenvalue weighted by Crippen LogP contribution is 2.46. The number of aliphatic hydroxyl groups is 2. The van der Waals surface area contributed by atoms with Crippen molar-refractivity contribution in [3.05, 3.63) is 47.1 Å². The van der Waals surface area contributed by atoms with E-state index in [1.807, 2.05) is 6.08 Å². The van der Waals surface area contributed by atoms with Crippen molar-refractivity contribution in [3.63, 3.8) is 0 Å². The Bertz CT molecular complexity index is 812. The van der Waals surface area contributed by atoms with Gasteiger partial charge in [-0.05, 0) is 59.8 Å². The smallest absolute Gasteiger partial charge is 0.305 e. The summed E-state index contributed by atoms with van der Waals surface area (Å²) in [6, 6.07) is 6.49. The largest absolute Gasteiger partial charge is 0.481 e. The highest BCUT2D eigenvalue weighted by molar-refractivity contribution is 7.98. The number of carboxylic acids is 1. The molecule has 0 aromatic heterocycles. The first-order valence-electron chi connectivity index (χ1n) is 10.2. The topological polar surface area (TPSA) is 87.0 Å². The minimum atomic E-state index is -1.08. The van der Waals surface area contributed by atoms with E-state index in [0.717, 1.165) is 24.0 Å². The van der Waals surface area contributed by atoms with E-state index >= 15 is 0 Å². The van der Waals surface area contributed by atoms with E-state index in [-0.39, 0.29) is 24.4 Å². The third kappa shape index (κ3) is 6.45. The van der Waals surface area contributed by atoms with Crippen LogP contribution in [-0.2, 0) is 9.53 Å². The Morgan fingerprint density at radius 2 is 2.07 bits per heavy atom. The highest BCUT2D eigenvalue weighted by atomic mass is 32.2. The summed E-state index contributed by atoms with van der Waals surface area (Å²) in [4.78, 5) is 12.0. The summed E-state index contributed by atoms with van der Waals surface area (Å²) in [5, 5.41) is 28.9. The van der Waals surface area contributed by atoms with Gasteiger partial charge in [0, 0.05) is 18.4 Å². The number of aliphatic hydroxyl groups excluding tert-OH is 2. The van der Waals surface area contributed by atoms with Crippen LogP contribution in [0.25, 0.3) is 5.57 Å². The van der Waals surface area contributed by atoms with E-state index in [1.54, 1.807) is 24.9 Å². The van der Waals surface area contributed by atoms with Crippen LogP contribution >= 0.6 is 11.8 Å². The second-order valence-corrected chi connectivity index (χ2v) is 9.49. The number of thioether (sulfide) groups is 1. The number of benzene rings is 1. The Kier molecular flexibility index (Phi) is 8.73. The fraction of sp³-hybridized carbons (Fsp3) is 0.542. The maximum Gasteiger partial charge on any atom is 0.305 e. The molecule has 3 unspecified atom stereocenters. The third-order valence-electron chi connectivity index (χ3n) is 5.71. The molecular formula is C24H34O5S. The minimum Gasteiger partial charge on any atom is -0.481 e. The normalized spacial score (nSPS) is 21.1. The minimum absolute atomic E-state index is 0.00589. The molecule has 0 bridgehead atoms. The summed E-state index contributed by atoms with van der Waals surface area (Å²) in [6.45, 7) is 6.46. The summed E-state index contributed by atoms with van der Waals surface area (Å²) in [5.41, 5.74) is 4.56. The van der Waals surface area contributed by atoms with Crippen LogP contribution in [0.2, 0.25) is 0 Å². The fourth-order valence-electron chi connectivity index (χ4n) is 4.18. The number of hydrogen-bond donors (Lipinski definition) is 3. The number of carbonyl (C=O) groups is 1. The van der Waals surface area contributed by atoms with Crippen LogP contribution in [0.1, 0.15) is 50.7 Å². The number of carboxylic acid groups (broad SMARTS) is 1. The van der Waals surface area contributed by atoms with Crippen molar-refractivity contribution < 1.29 is 24.9 Å². The number of aliphatic carboxylic acids is 1. The summed E-state index contributed by atoms with van der Waals surface area (Å²) < 4.78 is 5.72. The summed E-state index contributed by atoms with van der Waals surface area (Å²) in [6.07, 6.45) is 5.08. The maximum absolute atomic E-state index is 10.7. The predicted molar refractivity (Wildman–Crippen MR) is 122 cm³/mol. The molecule has 3 atom stereocenters. The van der Waals surface area contributed by atoms with Gasteiger partial charge in [-0.25, -0.2) is 0 Å². The first kappa shape index (κ1) is 24.7. The molecule has 1 aromatic carbocycles. The number of allylic oxidation sites excluding steroid dienone is 2. The maximum atomic E-state index is 10.7. The van der Waals surface area contributed by atoms with Gasteiger partial charge in [0.1, 0.15) is 0 Å². The van der Waals surface area contributed by atoms with Crippen molar-refractivity contribution in [1.29, 1.82) is 0 Å². The number of rotatable bonds is 9. The van der Waals surface area contributed by atoms with Gasteiger partial charge in [-0.3, -0.25) is 4.79 Å². The van der Waals surface area contributed by atoms with Crippen LogP contribution in [0, 0.1) is 12.3 Å². The summed E-state index contributed by atoms with van der Waals surface area (Å²) in [7, 11) is 1.74. The van der Waals surface area contributed by atoms with Crippen molar-refractivity contribution in [2.24, 2.45) is 5.41 Å². The lowest BCUT2D eigenvalue weighted by Crippen LogP contribution is -2.30. The molecule has 0 saturated heterocycles. The van der Waals surface area contributed by atoms with Gasteiger partial charge in [-0.15, -0.1) is 11.8 Å². The Morgan fingerprint density at radius 3 is 2.63 bits per heavy atom. The zero-order chi connectivity index (χ0) is 22.5. The van der Waals surface area contributed by atoms with Crippen molar-refractivity contribution in [1.82, 2.24) is 0 Å². The highest BCUT2D eigenvalue weighted by Gasteiger charge is 2.34. The van der Waals surface area contributed by atoms with E-state index in [4.69, 9.17) is 9.84 Å². The molecular weight excluding hydrogens is 400 g/mol. The average molecular weight is 435 g/mol. The van der Waals surface area contributed by atoms with Gasteiger partial charge in [0.2, 0.25) is 0 Å². The zero-order valence-corrected chi connectivity index (χ0v) is 19.3. The molecule has 5 nitrogen and oxygen atoms in total. The lowest BCUT2D eigenvalue weighted by Gasteiger charge is -2.38. The second-order valence-electron chi connectivity index (χ2n) is 8.64. The van der Waals surface area contributed by atoms with Gasteiger partial charge >= 0.3 is 5.97 Å². The molecule has 0 heterocycles. The van der Waals surface area contributed by atoms with Gasteiger partial charge in [0.15, 0.2) is 0 Å². The Morgan fingerprint density at radius 1 is 1.37 bits per heavy atom. The van der Waals surface area contributed by atoms with Crippen molar-refractivity contribution in [2.45, 2.75) is 69.7 Å². The van der Waals surface area contributed by atoms with Crippen LogP contribution in [0.15, 0.2) is 40.8 Å². The zero-order valence-electron chi connectivity index (χ0n) is 18.5. The third-order valence-corrected chi connectivity index (χ3v) is 6.61. The van der Waals surface area contributed by atoms with Crippen LogP contribution in [0.4, 0.5) is 0 Å². The molecule has 0 fully saturated rings. The van der Waals surface area contributed by atoms with Crippen LogP contribution < -0.4 is 0 Å².